The maximum Gasteiger partial charge on any atom is 0.267 e. The van der Waals surface area contributed by atoms with Gasteiger partial charge in [0.15, 0.2) is 11.5 Å². The number of hydrogen-bond acceptors (Lipinski definition) is 5. The minimum atomic E-state index is -0.777. The van der Waals surface area contributed by atoms with Gasteiger partial charge in [-0.1, -0.05) is 25.1 Å². The predicted molar refractivity (Wildman–Crippen MR) is 109 cm³/mol. The lowest BCUT2D eigenvalue weighted by atomic mass is 10.1. The second-order valence-corrected chi connectivity index (χ2v) is 6.75. The van der Waals surface area contributed by atoms with Crippen LogP contribution >= 0.6 is 0 Å². The van der Waals surface area contributed by atoms with Gasteiger partial charge in [-0.2, -0.15) is 5.10 Å². The van der Waals surface area contributed by atoms with Crippen LogP contribution in [0.3, 0.4) is 0 Å². The summed E-state index contributed by atoms with van der Waals surface area (Å²) < 4.78 is 11.9. The van der Waals surface area contributed by atoms with Crippen LogP contribution < -0.4 is 20.3 Å². The lowest BCUT2D eigenvalue weighted by molar-refractivity contribution is -0.119. The number of rotatable bonds is 5. The average molecular weight is 391 g/mol. The lowest BCUT2D eigenvalue weighted by Crippen LogP contribution is -2.33. The number of carbonyl (C=O) groups is 1. The van der Waals surface area contributed by atoms with Gasteiger partial charge < -0.3 is 14.8 Å². The number of ether oxygens (including phenoxy) is 2. The highest BCUT2D eigenvalue weighted by molar-refractivity contribution is 5.94. The maximum absolute atomic E-state index is 12.8. The first-order valence-electron chi connectivity index (χ1n) is 9.45. The van der Waals surface area contributed by atoms with E-state index in [1.807, 2.05) is 43.3 Å². The van der Waals surface area contributed by atoms with Gasteiger partial charge in [0, 0.05) is 17.3 Å². The van der Waals surface area contributed by atoms with Crippen molar-refractivity contribution in [1.82, 2.24) is 9.78 Å². The van der Waals surface area contributed by atoms with Gasteiger partial charge in [0.1, 0.15) is 6.04 Å². The Morgan fingerprint density at radius 2 is 1.93 bits per heavy atom. The zero-order valence-electron chi connectivity index (χ0n) is 16.2. The first-order valence-corrected chi connectivity index (χ1v) is 9.45. The van der Waals surface area contributed by atoms with Crippen LogP contribution in [-0.4, -0.2) is 22.5 Å². The Kier molecular flexibility index (Phi) is 5.03. The minimum Gasteiger partial charge on any atom is -0.454 e. The second kappa shape index (κ2) is 7.79. The zero-order chi connectivity index (χ0) is 20.4. The van der Waals surface area contributed by atoms with Crippen LogP contribution in [0.1, 0.15) is 25.5 Å². The molecule has 1 aliphatic rings. The number of amides is 1. The molecule has 0 spiro atoms. The summed E-state index contributed by atoms with van der Waals surface area (Å²) in [7, 11) is 0. The second-order valence-electron chi connectivity index (χ2n) is 6.75. The Labute approximate surface area is 167 Å². The molecule has 29 heavy (non-hydrogen) atoms. The molecule has 148 valence electrons. The third-order valence-corrected chi connectivity index (χ3v) is 4.90. The molecule has 1 aliphatic heterocycles. The van der Waals surface area contributed by atoms with E-state index in [1.54, 1.807) is 19.1 Å². The van der Waals surface area contributed by atoms with Crippen molar-refractivity contribution in [1.29, 1.82) is 0 Å². The molecule has 3 aromatic rings. The Morgan fingerprint density at radius 1 is 1.14 bits per heavy atom. The van der Waals surface area contributed by atoms with Gasteiger partial charge in [-0.05, 0) is 49.2 Å². The SMILES string of the molecule is CCc1ccccc1NC(=O)C(C)n1nc(-c2ccc3c(c2)OCO3)ccc1=O. The summed E-state index contributed by atoms with van der Waals surface area (Å²) in [5.74, 6) is 0.997. The molecule has 0 aliphatic carbocycles. The van der Waals surface area contributed by atoms with Crippen molar-refractivity contribution in [2.45, 2.75) is 26.3 Å². The van der Waals surface area contributed by atoms with E-state index < -0.39 is 6.04 Å². The molecule has 2 heterocycles. The molecule has 1 unspecified atom stereocenters. The van der Waals surface area contributed by atoms with Gasteiger partial charge >= 0.3 is 0 Å². The molecule has 0 radical (unpaired) electrons. The molecule has 0 fully saturated rings. The number of fused-ring (bicyclic) bond motifs is 1. The topological polar surface area (TPSA) is 82.5 Å². The quantitative estimate of drug-likeness (QED) is 0.721. The lowest BCUT2D eigenvalue weighted by Gasteiger charge is -2.16. The molecular formula is C22H21N3O4. The monoisotopic (exact) mass is 391 g/mol. The Bertz CT molecular complexity index is 1120. The molecule has 2 aromatic carbocycles. The summed E-state index contributed by atoms with van der Waals surface area (Å²) >= 11 is 0. The third kappa shape index (κ3) is 3.71. The standard InChI is InChI=1S/C22H21N3O4/c1-3-15-6-4-5-7-17(15)23-22(27)14(2)25-21(26)11-9-18(24-25)16-8-10-19-20(12-16)29-13-28-19/h4-12,14H,3,13H2,1-2H3,(H,23,27). The number of aryl methyl sites for hydroxylation is 1. The average Bonchev–Trinajstić information content (AvgIpc) is 3.22. The van der Waals surface area contributed by atoms with Crippen LogP contribution in [0, 0.1) is 0 Å². The number of para-hydroxylation sites is 1. The molecule has 7 nitrogen and oxygen atoms in total. The van der Waals surface area contributed by atoms with Crippen LogP contribution in [-0.2, 0) is 11.2 Å². The first-order chi connectivity index (χ1) is 14.1. The van der Waals surface area contributed by atoms with E-state index in [2.05, 4.69) is 10.4 Å². The number of anilines is 1. The largest absolute Gasteiger partial charge is 0.454 e. The fourth-order valence-corrected chi connectivity index (χ4v) is 3.21. The van der Waals surface area contributed by atoms with E-state index in [0.29, 0.717) is 17.2 Å². The zero-order valence-corrected chi connectivity index (χ0v) is 16.2. The van der Waals surface area contributed by atoms with Gasteiger partial charge in [-0.15, -0.1) is 0 Å². The molecule has 7 heteroatoms. The number of carbonyl (C=O) groups excluding carboxylic acids is 1. The van der Waals surface area contributed by atoms with Crippen molar-refractivity contribution in [3.8, 4) is 22.8 Å². The third-order valence-electron chi connectivity index (χ3n) is 4.90. The predicted octanol–water partition coefficient (Wildman–Crippen LogP) is 3.40. The summed E-state index contributed by atoms with van der Waals surface area (Å²) in [6.45, 7) is 3.86. The van der Waals surface area contributed by atoms with Gasteiger partial charge in [0.05, 0.1) is 5.69 Å². The van der Waals surface area contributed by atoms with E-state index in [0.717, 1.165) is 23.2 Å². The molecule has 0 saturated heterocycles. The number of aromatic nitrogens is 2. The molecule has 0 saturated carbocycles. The van der Waals surface area contributed by atoms with Crippen LogP contribution in [0.5, 0.6) is 11.5 Å². The van der Waals surface area contributed by atoms with Gasteiger partial charge in [0.25, 0.3) is 5.56 Å². The maximum atomic E-state index is 12.8. The van der Waals surface area contributed by atoms with E-state index in [-0.39, 0.29) is 18.3 Å². The highest BCUT2D eigenvalue weighted by Crippen LogP contribution is 2.35. The van der Waals surface area contributed by atoms with Gasteiger partial charge in [0.2, 0.25) is 12.7 Å². The molecule has 1 aromatic heterocycles. The molecular weight excluding hydrogens is 370 g/mol. The highest BCUT2D eigenvalue weighted by atomic mass is 16.7. The number of nitrogens with zero attached hydrogens (tertiary/aromatic N) is 2. The Balaban J connectivity index is 1.61. The van der Waals surface area contributed by atoms with Crippen molar-refractivity contribution in [2.75, 3.05) is 12.1 Å². The highest BCUT2D eigenvalue weighted by Gasteiger charge is 2.20. The van der Waals surface area contributed by atoms with Crippen molar-refractivity contribution in [3.63, 3.8) is 0 Å². The summed E-state index contributed by atoms with van der Waals surface area (Å²) in [4.78, 5) is 25.2. The Hall–Kier alpha value is -3.61. The summed E-state index contributed by atoms with van der Waals surface area (Å²) in [5, 5.41) is 7.33. The van der Waals surface area contributed by atoms with Gasteiger partial charge in [-0.25, -0.2) is 4.68 Å². The molecule has 1 N–H and O–H groups in total. The summed E-state index contributed by atoms with van der Waals surface area (Å²) in [6, 6.07) is 15.3. The summed E-state index contributed by atoms with van der Waals surface area (Å²) in [6.07, 6.45) is 0.794. The van der Waals surface area contributed by atoms with E-state index in [1.165, 1.54) is 10.7 Å². The summed E-state index contributed by atoms with van der Waals surface area (Å²) in [5.41, 5.74) is 2.76. The van der Waals surface area contributed by atoms with E-state index in [9.17, 15) is 9.59 Å². The van der Waals surface area contributed by atoms with Crippen molar-refractivity contribution in [2.24, 2.45) is 0 Å². The molecule has 4 rings (SSSR count). The normalized spacial score (nSPS) is 13.2. The number of nitrogens with one attached hydrogen (secondary N) is 1. The van der Waals surface area contributed by atoms with E-state index in [4.69, 9.17) is 9.47 Å². The smallest absolute Gasteiger partial charge is 0.267 e. The Morgan fingerprint density at radius 3 is 2.76 bits per heavy atom. The van der Waals surface area contributed by atoms with Crippen LogP contribution in [0.15, 0.2) is 59.4 Å². The van der Waals surface area contributed by atoms with Crippen LogP contribution in [0.4, 0.5) is 5.69 Å². The van der Waals surface area contributed by atoms with Crippen molar-refractivity contribution >= 4 is 11.6 Å². The number of hydrogen-bond donors (Lipinski definition) is 1. The fourth-order valence-electron chi connectivity index (χ4n) is 3.21. The fraction of sp³-hybridized carbons (Fsp3) is 0.227. The first kappa shape index (κ1) is 18.7. The molecule has 1 atom stereocenters. The van der Waals surface area contributed by atoms with Crippen molar-refractivity contribution in [3.05, 3.63) is 70.5 Å². The number of benzene rings is 2. The minimum absolute atomic E-state index is 0.183. The molecule has 0 bridgehead atoms. The van der Waals surface area contributed by atoms with Crippen LogP contribution in [0.25, 0.3) is 11.3 Å². The van der Waals surface area contributed by atoms with Crippen LogP contribution in [0.2, 0.25) is 0 Å². The van der Waals surface area contributed by atoms with Crippen molar-refractivity contribution < 1.29 is 14.3 Å². The van der Waals surface area contributed by atoms with Gasteiger partial charge in [-0.3, -0.25) is 9.59 Å². The molecule has 1 amide bonds. The van der Waals surface area contributed by atoms with E-state index >= 15 is 0 Å².